The Kier molecular flexibility index (Phi) is 4.37. The zero-order valence-corrected chi connectivity index (χ0v) is 13.4. The third kappa shape index (κ3) is 3.04. The van der Waals surface area contributed by atoms with E-state index in [4.69, 9.17) is 11.6 Å². The van der Waals surface area contributed by atoms with Crippen molar-refractivity contribution in [2.24, 2.45) is 17.8 Å². The van der Waals surface area contributed by atoms with Gasteiger partial charge in [-0.05, 0) is 61.1 Å². The van der Waals surface area contributed by atoms with Crippen LogP contribution in [-0.2, 0) is 0 Å². The number of rotatable bonds is 5. The molecule has 1 aromatic rings. The zero-order chi connectivity index (χ0) is 14.1. The minimum absolute atomic E-state index is 0.537. The van der Waals surface area contributed by atoms with Gasteiger partial charge in [0.2, 0.25) is 0 Å². The molecule has 1 N–H and O–H groups in total. The van der Waals surface area contributed by atoms with Crippen LogP contribution in [-0.4, -0.2) is 6.04 Å². The summed E-state index contributed by atoms with van der Waals surface area (Å²) in [5, 5.41) is 4.82. The second kappa shape index (κ2) is 6.07. The second-order valence-electron chi connectivity index (χ2n) is 6.74. The van der Waals surface area contributed by atoms with Gasteiger partial charge in [0.1, 0.15) is 0 Å². The van der Waals surface area contributed by atoms with Gasteiger partial charge in [0, 0.05) is 17.1 Å². The van der Waals surface area contributed by atoms with Gasteiger partial charge in [-0.15, -0.1) is 0 Å². The lowest BCUT2D eigenvalue weighted by Gasteiger charge is -2.27. The van der Waals surface area contributed by atoms with E-state index < -0.39 is 0 Å². The van der Waals surface area contributed by atoms with Gasteiger partial charge in [0.25, 0.3) is 0 Å². The summed E-state index contributed by atoms with van der Waals surface area (Å²) in [4.78, 5) is 0. The van der Waals surface area contributed by atoms with Crippen LogP contribution in [0, 0.1) is 17.8 Å². The molecule has 0 heterocycles. The van der Waals surface area contributed by atoms with Gasteiger partial charge in [0.05, 0.1) is 0 Å². The molecule has 0 saturated heterocycles. The molecule has 2 saturated carbocycles. The van der Waals surface area contributed by atoms with Crippen molar-refractivity contribution in [3.8, 4) is 0 Å². The predicted octanol–water partition coefficient (Wildman–Crippen LogP) is 5.21. The molecule has 20 heavy (non-hydrogen) atoms. The van der Waals surface area contributed by atoms with Crippen LogP contribution in [0.1, 0.15) is 57.6 Å². The smallest absolute Gasteiger partial charge is 0.0406 e. The molecule has 4 unspecified atom stereocenters. The predicted molar refractivity (Wildman–Crippen MR) is 86.0 cm³/mol. The largest absolute Gasteiger partial charge is 0.307 e. The van der Waals surface area contributed by atoms with E-state index in [-0.39, 0.29) is 0 Å². The lowest BCUT2D eigenvalue weighted by molar-refractivity contribution is 0.310. The van der Waals surface area contributed by atoms with E-state index in [2.05, 4.69) is 31.3 Å². The molecule has 2 aliphatic rings. The van der Waals surface area contributed by atoms with Gasteiger partial charge >= 0.3 is 0 Å². The van der Waals surface area contributed by atoms with Gasteiger partial charge in [-0.1, -0.05) is 44.0 Å². The van der Waals surface area contributed by atoms with Crippen molar-refractivity contribution in [2.45, 2.75) is 58.0 Å². The van der Waals surface area contributed by atoms with Gasteiger partial charge in [-0.25, -0.2) is 0 Å². The molecule has 1 nitrogen and oxygen atoms in total. The Bertz CT molecular complexity index is 437. The first-order chi connectivity index (χ1) is 9.69. The van der Waals surface area contributed by atoms with Crippen molar-refractivity contribution < 1.29 is 0 Å². The molecular weight excluding hydrogens is 266 g/mol. The third-order valence-corrected chi connectivity index (χ3v) is 5.72. The summed E-state index contributed by atoms with van der Waals surface area (Å²) >= 11 is 6.02. The van der Waals surface area contributed by atoms with Crippen LogP contribution in [0.5, 0.6) is 0 Å². The Labute approximate surface area is 128 Å². The molecule has 0 spiro atoms. The molecule has 2 fully saturated rings. The van der Waals surface area contributed by atoms with E-state index in [1.807, 2.05) is 12.1 Å². The van der Waals surface area contributed by atoms with Crippen molar-refractivity contribution in [3.63, 3.8) is 0 Å². The lowest BCUT2D eigenvalue weighted by Crippen LogP contribution is -2.36. The van der Waals surface area contributed by atoms with Gasteiger partial charge in [-0.2, -0.15) is 0 Å². The Morgan fingerprint density at radius 2 is 1.85 bits per heavy atom. The van der Waals surface area contributed by atoms with Crippen molar-refractivity contribution in [2.75, 3.05) is 0 Å². The van der Waals surface area contributed by atoms with Crippen LogP contribution in [0.4, 0.5) is 0 Å². The maximum absolute atomic E-state index is 6.02. The highest BCUT2D eigenvalue weighted by Crippen LogP contribution is 2.43. The van der Waals surface area contributed by atoms with E-state index in [0.717, 1.165) is 22.8 Å². The summed E-state index contributed by atoms with van der Waals surface area (Å²) in [5.41, 5.74) is 1.42. The summed E-state index contributed by atoms with van der Waals surface area (Å²) in [6.45, 7) is 4.77. The van der Waals surface area contributed by atoms with E-state index in [1.165, 1.54) is 37.7 Å². The summed E-state index contributed by atoms with van der Waals surface area (Å²) in [6.07, 6.45) is 6.81. The van der Waals surface area contributed by atoms with Crippen molar-refractivity contribution >= 4 is 11.6 Å². The summed E-state index contributed by atoms with van der Waals surface area (Å²) in [5.74, 6) is 2.56. The molecule has 0 amide bonds. The highest BCUT2D eigenvalue weighted by Gasteiger charge is 2.38. The molecule has 3 rings (SSSR count). The zero-order valence-electron chi connectivity index (χ0n) is 12.6. The standard InChI is InChI=1S/C18H26ClN/c1-3-13-8-11-17(12(13)2)20-18(14-4-5-14)15-6-9-16(19)10-7-15/h6-7,9-10,12-14,17-18,20H,3-5,8,11H2,1-2H3. The number of halogens is 1. The molecule has 2 aliphatic carbocycles. The Morgan fingerprint density at radius 1 is 1.15 bits per heavy atom. The maximum Gasteiger partial charge on any atom is 0.0406 e. The van der Waals surface area contributed by atoms with Crippen molar-refractivity contribution in [1.82, 2.24) is 5.32 Å². The third-order valence-electron chi connectivity index (χ3n) is 5.47. The molecular formula is C18H26ClN. The fourth-order valence-electron chi connectivity index (χ4n) is 3.89. The van der Waals surface area contributed by atoms with E-state index in [9.17, 15) is 0 Å². The van der Waals surface area contributed by atoms with E-state index in [1.54, 1.807) is 0 Å². The average molecular weight is 292 g/mol. The summed E-state index contributed by atoms with van der Waals surface area (Å²) in [7, 11) is 0. The quantitative estimate of drug-likeness (QED) is 0.786. The highest BCUT2D eigenvalue weighted by atomic mass is 35.5. The second-order valence-corrected chi connectivity index (χ2v) is 7.18. The number of hydrogen-bond acceptors (Lipinski definition) is 1. The van der Waals surface area contributed by atoms with Crippen LogP contribution in [0.3, 0.4) is 0 Å². The Balaban J connectivity index is 1.71. The number of hydrogen-bond donors (Lipinski definition) is 1. The molecule has 0 radical (unpaired) electrons. The average Bonchev–Trinajstić information content (AvgIpc) is 3.23. The van der Waals surface area contributed by atoms with E-state index in [0.29, 0.717) is 12.1 Å². The molecule has 0 aromatic heterocycles. The fraction of sp³-hybridized carbons (Fsp3) is 0.667. The molecule has 0 bridgehead atoms. The van der Waals surface area contributed by atoms with Crippen LogP contribution >= 0.6 is 11.6 Å². The van der Waals surface area contributed by atoms with Crippen molar-refractivity contribution in [3.05, 3.63) is 34.9 Å². The first-order valence-corrected chi connectivity index (χ1v) is 8.58. The normalized spacial score (nSPS) is 31.4. The first kappa shape index (κ1) is 14.4. The maximum atomic E-state index is 6.02. The molecule has 0 aliphatic heterocycles. The Hall–Kier alpha value is -0.530. The van der Waals surface area contributed by atoms with Crippen LogP contribution < -0.4 is 5.32 Å². The minimum Gasteiger partial charge on any atom is -0.307 e. The topological polar surface area (TPSA) is 12.0 Å². The SMILES string of the molecule is CCC1CCC(NC(c2ccc(Cl)cc2)C2CC2)C1C. The highest BCUT2D eigenvalue weighted by molar-refractivity contribution is 6.30. The molecule has 4 atom stereocenters. The van der Waals surface area contributed by atoms with Gasteiger partial charge < -0.3 is 5.32 Å². The monoisotopic (exact) mass is 291 g/mol. The van der Waals surface area contributed by atoms with Crippen LogP contribution in [0.2, 0.25) is 5.02 Å². The number of nitrogens with one attached hydrogen (secondary N) is 1. The summed E-state index contributed by atoms with van der Waals surface area (Å²) in [6, 6.07) is 9.70. The number of benzene rings is 1. The van der Waals surface area contributed by atoms with E-state index >= 15 is 0 Å². The Morgan fingerprint density at radius 3 is 2.40 bits per heavy atom. The fourth-order valence-corrected chi connectivity index (χ4v) is 4.02. The molecule has 1 aromatic carbocycles. The van der Waals surface area contributed by atoms with Gasteiger partial charge in [-0.3, -0.25) is 0 Å². The minimum atomic E-state index is 0.537. The van der Waals surface area contributed by atoms with Crippen molar-refractivity contribution in [1.29, 1.82) is 0 Å². The summed E-state index contributed by atoms with van der Waals surface area (Å²) < 4.78 is 0. The van der Waals surface area contributed by atoms with Crippen LogP contribution in [0.15, 0.2) is 24.3 Å². The van der Waals surface area contributed by atoms with Crippen LogP contribution in [0.25, 0.3) is 0 Å². The first-order valence-electron chi connectivity index (χ1n) is 8.20. The molecule has 110 valence electrons. The molecule has 2 heteroatoms. The lowest BCUT2D eigenvalue weighted by atomic mass is 9.92. The van der Waals surface area contributed by atoms with Gasteiger partial charge in [0.15, 0.2) is 0 Å².